The highest BCUT2D eigenvalue weighted by molar-refractivity contribution is 9.10. The largest absolute Gasteiger partial charge is 0.361 e. The molecule has 4 heteroatoms. The van der Waals surface area contributed by atoms with Crippen LogP contribution in [-0.4, -0.2) is 17.4 Å². The number of hydrogen-bond acceptors (Lipinski definition) is 1. The van der Waals surface area contributed by atoms with E-state index in [0.717, 1.165) is 9.99 Å². The van der Waals surface area contributed by atoms with E-state index in [4.69, 9.17) is 0 Å². The number of carbonyl (C=O) groups excluding carboxylic acids is 1. The molecular weight excluding hydrogens is 352 g/mol. The molecule has 0 aliphatic carbocycles. The minimum atomic E-state index is -0.165. The van der Waals surface area contributed by atoms with Crippen LogP contribution in [0.4, 0.5) is 0 Å². The summed E-state index contributed by atoms with van der Waals surface area (Å²) in [4.78, 5) is 15.6. The molecular formula is C19H19BrN2O. The van der Waals surface area contributed by atoms with Gasteiger partial charge in [0.2, 0.25) is 0 Å². The third kappa shape index (κ3) is 3.32. The number of carbonyl (C=O) groups is 1. The van der Waals surface area contributed by atoms with Crippen molar-refractivity contribution in [1.82, 2.24) is 10.3 Å². The minimum absolute atomic E-state index is 0.0563. The topological polar surface area (TPSA) is 44.9 Å². The first-order valence-corrected chi connectivity index (χ1v) is 8.37. The van der Waals surface area contributed by atoms with Gasteiger partial charge in [0.05, 0.1) is 0 Å². The standard InChI is InChI=1S/C19H19BrN2O/c1-19(2,16-11-21-17-9-4-3-8-15(16)17)12-22-18(23)13-6-5-7-14(20)10-13/h3-11,21H,12H2,1-2H3,(H,22,23). The second kappa shape index (κ2) is 6.20. The first-order chi connectivity index (χ1) is 11.0. The lowest BCUT2D eigenvalue weighted by molar-refractivity contribution is 0.0945. The monoisotopic (exact) mass is 370 g/mol. The molecule has 0 aliphatic rings. The molecule has 118 valence electrons. The third-order valence-electron chi connectivity index (χ3n) is 4.10. The van der Waals surface area contributed by atoms with E-state index in [1.165, 1.54) is 10.9 Å². The molecule has 2 aromatic carbocycles. The number of aromatic nitrogens is 1. The van der Waals surface area contributed by atoms with E-state index in [0.29, 0.717) is 12.1 Å². The first kappa shape index (κ1) is 15.8. The highest BCUT2D eigenvalue weighted by atomic mass is 79.9. The Hall–Kier alpha value is -2.07. The van der Waals surface area contributed by atoms with Gasteiger partial charge in [0.25, 0.3) is 5.91 Å². The summed E-state index contributed by atoms with van der Waals surface area (Å²) in [6.07, 6.45) is 2.04. The van der Waals surface area contributed by atoms with Crippen molar-refractivity contribution >= 4 is 32.7 Å². The Morgan fingerprint density at radius 3 is 2.74 bits per heavy atom. The molecule has 23 heavy (non-hydrogen) atoms. The number of halogens is 1. The molecule has 0 aliphatic heterocycles. The fourth-order valence-electron chi connectivity index (χ4n) is 2.76. The Labute approximate surface area is 144 Å². The molecule has 1 amide bonds. The van der Waals surface area contributed by atoms with Crippen LogP contribution < -0.4 is 5.32 Å². The van der Waals surface area contributed by atoms with Crippen LogP contribution in [0.25, 0.3) is 10.9 Å². The molecule has 0 spiro atoms. The molecule has 1 aromatic heterocycles. The smallest absolute Gasteiger partial charge is 0.251 e. The van der Waals surface area contributed by atoms with Gasteiger partial charge in [0.1, 0.15) is 0 Å². The maximum absolute atomic E-state index is 12.3. The van der Waals surface area contributed by atoms with Crippen LogP contribution in [-0.2, 0) is 5.41 Å². The molecule has 0 bridgehead atoms. The predicted octanol–water partition coefficient (Wildman–Crippen LogP) is 4.64. The summed E-state index contributed by atoms with van der Waals surface area (Å²) in [6, 6.07) is 15.7. The fraction of sp³-hybridized carbons (Fsp3) is 0.211. The molecule has 2 N–H and O–H groups in total. The van der Waals surface area contributed by atoms with Gasteiger partial charge in [0.15, 0.2) is 0 Å². The van der Waals surface area contributed by atoms with Gasteiger partial charge in [-0.3, -0.25) is 4.79 Å². The summed E-state index contributed by atoms with van der Waals surface area (Å²) in [5, 5.41) is 4.25. The van der Waals surface area contributed by atoms with Crippen molar-refractivity contribution in [2.75, 3.05) is 6.54 Å². The minimum Gasteiger partial charge on any atom is -0.361 e. The molecule has 3 rings (SSSR count). The average molecular weight is 371 g/mol. The van der Waals surface area contributed by atoms with Crippen LogP contribution in [0.3, 0.4) is 0 Å². The van der Waals surface area contributed by atoms with Gasteiger partial charge in [-0.25, -0.2) is 0 Å². The number of H-pyrrole nitrogens is 1. The van der Waals surface area contributed by atoms with E-state index >= 15 is 0 Å². The number of fused-ring (bicyclic) bond motifs is 1. The van der Waals surface area contributed by atoms with Gasteiger partial charge >= 0.3 is 0 Å². The van der Waals surface area contributed by atoms with E-state index in [9.17, 15) is 4.79 Å². The van der Waals surface area contributed by atoms with Crippen molar-refractivity contribution in [3.63, 3.8) is 0 Å². The Bertz CT molecular complexity index is 851. The van der Waals surface area contributed by atoms with Crippen LogP contribution in [0.15, 0.2) is 59.2 Å². The number of benzene rings is 2. The van der Waals surface area contributed by atoms with E-state index in [1.807, 2.05) is 42.6 Å². The van der Waals surface area contributed by atoms with Gasteiger partial charge < -0.3 is 10.3 Å². The van der Waals surface area contributed by atoms with Crippen LogP contribution >= 0.6 is 15.9 Å². The van der Waals surface area contributed by atoms with Crippen molar-refractivity contribution < 1.29 is 4.79 Å². The molecule has 0 saturated heterocycles. The zero-order chi connectivity index (χ0) is 16.4. The number of para-hydroxylation sites is 1. The summed E-state index contributed by atoms with van der Waals surface area (Å²) in [5.74, 6) is -0.0563. The Kier molecular flexibility index (Phi) is 4.26. The lowest BCUT2D eigenvalue weighted by atomic mass is 9.84. The van der Waals surface area contributed by atoms with Crippen LogP contribution in [0.1, 0.15) is 29.8 Å². The van der Waals surface area contributed by atoms with E-state index in [-0.39, 0.29) is 11.3 Å². The summed E-state index contributed by atoms with van der Waals surface area (Å²) < 4.78 is 0.904. The van der Waals surface area contributed by atoms with Crippen LogP contribution in [0.2, 0.25) is 0 Å². The number of rotatable bonds is 4. The van der Waals surface area contributed by atoms with E-state index in [1.54, 1.807) is 0 Å². The fourth-order valence-corrected chi connectivity index (χ4v) is 3.16. The van der Waals surface area contributed by atoms with E-state index < -0.39 is 0 Å². The summed E-state index contributed by atoms with van der Waals surface area (Å²) >= 11 is 3.40. The van der Waals surface area contributed by atoms with Gasteiger partial charge in [-0.05, 0) is 29.8 Å². The average Bonchev–Trinajstić information content (AvgIpc) is 2.97. The normalized spacial score (nSPS) is 11.6. The third-order valence-corrected chi connectivity index (χ3v) is 4.59. The molecule has 0 saturated carbocycles. The molecule has 0 fully saturated rings. The van der Waals surface area contributed by atoms with Crippen molar-refractivity contribution in [3.8, 4) is 0 Å². The van der Waals surface area contributed by atoms with Gasteiger partial charge in [-0.1, -0.05) is 54.0 Å². The molecule has 3 aromatic rings. The summed E-state index contributed by atoms with van der Waals surface area (Å²) in [5.41, 5.74) is 2.83. The highest BCUT2D eigenvalue weighted by Gasteiger charge is 2.24. The zero-order valence-electron chi connectivity index (χ0n) is 13.2. The van der Waals surface area contributed by atoms with Crippen molar-refractivity contribution in [1.29, 1.82) is 0 Å². The van der Waals surface area contributed by atoms with Gasteiger partial charge in [-0.2, -0.15) is 0 Å². The highest BCUT2D eigenvalue weighted by Crippen LogP contribution is 2.29. The zero-order valence-corrected chi connectivity index (χ0v) is 14.8. The Morgan fingerprint density at radius 2 is 1.96 bits per heavy atom. The maximum atomic E-state index is 12.3. The second-order valence-electron chi connectivity index (χ2n) is 6.32. The van der Waals surface area contributed by atoms with Crippen molar-refractivity contribution in [3.05, 3.63) is 70.3 Å². The summed E-state index contributed by atoms with van der Waals surface area (Å²) in [6.45, 7) is 4.85. The number of nitrogens with one attached hydrogen (secondary N) is 2. The summed E-state index contributed by atoms with van der Waals surface area (Å²) in [7, 11) is 0. The Balaban J connectivity index is 1.77. The lowest BCUT2D eigenvalue weighted by Gasteiger charge is -2.25. The predicted molar refractivity (Wildman–Crippen MR) is 97.8 cm³/mol. The SMILES string of the molecule is CC(C)(CNC(=O)c1cccc(Br)c1)c1c[nH]c2ccccc12. The molecule has 0 radical (unpaired) electrons. The van der Waals surface area contributed by atoms with E-state index in [2.05, 4.69) is 52.2 Å². The van der Waals surface area contributed by atoms with Crippen molar-refractivity contribution in [2.24, 2.45) is 0 Å². The van der Waals surface area contributed by atoms with Gasteiger partial charge in [0, 0.05) is 39.1 Å². The van der Waals surface area contributed by atoms with Crippen molar-refractivity contribution in [2.45, 2.75) is 19.3 Å². The molecule has 1 heterocycles. The van der Waals surface area contributed by atoms with Gasteiger partial charge in [-0.15, -0.1) is 0 Å². The lowest BCUT2D eigenvalue weighted by Crippen LogP contribution is -2.36. The van der Waals surface area contributed by atoms with Crippen LogP contribution in [0.5, 0.6) is 0 Å². The molecule has 0 unspecified atom stereocenters. The molecule has 3 nitrogen and oxygen atoms in total. The first-order valence-electron chi connectivity index (χ1n) is 7.58. The number of aromatic amines is 1. The maximum Gasteiger partial charge on any atom is 0.251 e. The molecule has 0 atom stereocenters. The second-order valence-corrected chi connectivity index (χ2v) is 7.24. The quantitative estimate of drug-likeness (QED) is 0.690. The van der Waals surface area contributed by atoms with Crippen LogP contribution in [0, 0.1) is 0 Å². The Morgan fingerprint density at radius 1 is 1.17 bits per heavy atom. The number of amides is 1. The number of hydrogen-bond donors (Lipinski definition) is 2.